The van der Waals surface area contributed by atoms with Gasteiger partial charge in [-0.15, -0.1) is 0 Å². The predicted molar refractivity (Wildman–Crippen MR) is 49.9 cm³/mol. The Morgan fingerprint density at radius 1 is 1.69 bits per heavy atom. The van der Waals surface area contributed by atoms with Crippen LogP contribution in [-0.2, 0) is 6.54 Å². The summed E-state index contributed by atoms with van der Waals surface area (Å²) in [5, 5.41) is 11.7. The van der Waals surface area contributed by atoms with Crippen molar-refractivity contribution in [1.82, 2.24) is 14.9 Å². The van der Waals surface area contributed by atoms with Crippen molar-refractivity contribution in [3.8, 4) is 6.07 Å². The molecule has 0 aliphatic carbocycles. The maximum atomic E-state index is 8.41. The first-order valence-corrected chi connectivity index (χ1v) is 4.39. The van der Waals surface area contributed by atoms with Crippen LogP contribution in [-0.4, -0.2) is 22.1 Å². The first-order chi connectivity index (χ1) is 6.33. The molecule has 4 nitrogen and oxygen atoms in total. The molecule has 1 heterocycles. The minimum absolute atomic E-state index is 0.272. The van der Waals surface area contributed by atoms with Gasteiger partial charge in [-0.1, -0.05) is 0 Å². The molecule has 0 radical (unpaired) electrons. The zero-order chi connectivity index (χ0) is 9.52. The SMILES string of the molecule is CC(CC#N)NCCn1ccnc1. The van der Waals surface area contributed by atoms with Gasteiger partial charge in [-0.05, 0) is 6.92 Å². The van der Waals surface area contributed by atoms with Crippen LogP contribution in [0.2, 0.25) is 0 Å². The lowest BCUT2D eigenvalue weighted by atomic mass is 10.2. The third-order valence-electron chi connectivity index (χ3n) is 1.82. The Labute approximate surface area is 78.2 Å². The van der Waals surface area contributed by atoms with Gasteiger partial charge in [0, 0.05) is 31.5 Å². The van der Waals surface area contributed by atoms with Gasteiger partial charge in [-0.3, -0.25) is 0 Å². The fraction of sp³-hybridized carbons (Fsp3) is 0.556. The Balaban J connectivity index is 2.11. The van der Waals surface area contributed by atoms with E-state index in [-0.39, 0.29) is 6.04 Å². The Bertz CT molecular complexity index is 260. The van der Waals surface area contributed by atoms with Crippen molar-refractivity contribution < 1.29 is 0 Å². The molecule has 4 heteroatoms. The van der Waals surface area contributed by atoms with Crippen LogP contribution in [0.4, 0.5) is 0 Å². The molecule has 0 aromatic carbocycles. The summed E-state index contributed by atoms with van der Waals surface area (Å²) in [4.78, 5) is 3.94. The number of hydrogen-bond acceptors (Lipinski definition) is 3. The number of nitriles is 1. The molecule has 0 amide bonds. The second kappa shape index (κ2) is 5.33. The standard InChI is InChI=1S/C9H14N4/c1-9(2-3-10)12-5-7-13-6-4-11-8-13/h4,6,8-9,12H,2,5,7H2,1H3. The highest BCUT2D eigenvalue weighted by Crippen LogP contribution is 1.88. The van der Waals surface area contributed by atoms with Gasteiger partial charge in [0.15, 0.2) is 0 Å². The van der Waals surface area contributed by atoms with Crippen molar-refractivity contribution in [1.29, 1.82) is 5.26 Å². The van der Waals surface area contributed by atoms with Gasteiger partial charge < -0.3 is 9.88 Å². The zero-order valence-electron chi connectivity index (χ0n) is 7.77. The number of nitrogens with zero attached hydrogens (tertiary/aromatic N) is 3. The van der Waals surface area contributed by atoms with Crippen molar-refractivity contribution in [2.24, 2.45) is 0 Å². The van der Waals surface area contributed by atoms with Gasteiger partial charge in [-0.25, -0.2) is 4.98 Å². The Hall–Kier alpha value is -1.34. The third-order valence-corrected chi connectivity index (χ3v) is 1.82. The van der Waals surface area contributed by atoms with Crippen LogP contribution in [0.25, 0.3) is 0 Å². The highest BCUT2D eigenvalue weighted by molar-refractivity contribution is 4.78. The minimum atomic E-state index is 0.272. The average Bonchev–Trinajstić information content (AvgIpc) is 2.57. The Kier molecular flexibility index (Phi) is 4.00. The lowest BCUT2D eigenvalue weighted by molar-refractivity contribution is 0.520. The lowest BCUT2D eigenvalue weighted by Crippen LogP contribution is -2.28. The monoisotopic (exact) mass is 178 g/mol. The van der Waals surface area contributed by atoms with Crippen molar-refractivity contribution in [3.05, 3.63) is 18.7 Å². The zero-order valence-corrected chi connectivity index (χ0v) is 7.77. The molecule has 1 aromatic heterocycles. The fourth-order valence-electron chi connectivity index (χ4n) is 1.07. The van der Waals surface area contributed by atoms with E-state index in [1.54, 1.807) is 12.5 Å². The van der Waals surface area contributed by atoms with E-state index in [0.29, 0.717) is 6.42 Å². The molecule has 0 aliphatic rings. The van der Waals surface area contributed by atoms with Crippen LogP contribution in [0.5, 0.6) is 0 Å². The molecular weight excluding hydrogens is 164 g/mol. The molecule has 1 aromatic rings. The lowest BCUT2D eigenvalue weighted by Gasteiger charge is -2.09. The largest absolute Gasteiger partial charge is 0.336 e. The molecule has 0 saturated carbocycles. The van der Waals surface area contributed by atoms with Gasteiger partial charge in [0.05, 0.1) is 18.8 Å². The van der Waals surface area contributed by atoms with E-state index in [1.807, 2.05) is 17.7 Å². The molecular formula is C9H14N4. The quantitative estimate of drug-likeness (QED) is 0.724. The van der Waals surface area contributed by atoms with Gasteiger partial charge in [0.2, 0.25) is 0 Å². The van der Waals surface area contributed by atoms with E-state index in [0.717, 1.165) is 13.1 Å². The smallest absolute Gasteiger partial charge is 0.0946 e. The van der Waals surface area contributed by atoms with Crippen LogP contribution in [0.1, 0.15) is 13.3 Å². The maximum Gasteiger partial charge on any atom is 0.0946 e. The molecule has 0 aliphatic heterocycles. The van der Waals surface area contributed by atoms with E-state index in [4.69, 9.17) is 5.26 Å². The van der Waals surface area contributed by atoms with E-state index in [2.05, 4.69) is 16.4 Å². The molecule has 0 fully saturated rings. The third kappa shape index (κ3) is 3.72. The topological polar surface area (TPSA) is 53.6 Å². The summed E-state index contributed by atoms with van der Waals surface area (Å²) in [6.45, 7) is 3.78. The molecule has 1 N–H and O–H groups in total. The number of nitrogens with one attached hydrogen (secondary N) is 1. The normalized spacial score (nSPS) is 12.3. The van der Waals surface area contributed by atoms with Crippen molar-refractivity contribution in [2.75, 3.05) is 6.54 Å². The molecule has 1 unspecified atom stereocenters. The molecule has 0 spiro atoms. The van der Waals surface area contributed by atoms with E-state index >= 15 is 0 Å². The minimum Gasteiger partial charge on any atom is -0.336 e. The predicted octanol–water partition coefficient (Wildman–Crippen LogP) is 0.775. The van der Waals surface area contributed by atoms with Gasteiger partial charge in [-0.2, -0.15) is 5.26 Å². The molecule has 70 valence electrons. The molecule has 13 heavy (non-hydrogen) atoms. The summed E-state index contributed by atoms with van der Waals surface area (Å²) in [7, 11) is 0. The first kappa shape index (κ1) is 9.75. The maximum absolute atomic E-state index is 8.41. The number of imidazole rings is 1. The average molecular weight is 178 g/mol. The van der Waals surface area contributed by atoms with Crippen LogP contribution in [0.15, 0.2) is 18.7 Å². The van der Waals surface area contributed by atoms with E-state index in [1.165, 1.54) is 0 Å². The highest BCUT2D eigenvalue weighted by Gasteiger charge is 1.98. The van der Waals surface area contributed by atoms with Crippen LogP contribution >= 0.6 is 0 Å². The summed E-state index contributed by atoms with van der Waals surface area (Å²) in [6.07, 6.45) is 6.04. The van der Waals surface area contributed by atoms with Gasteiger partial charge >= 0.3 is 0 Å². The van der Waals surface area contributed by atoms with E-state index in [9.17, 15) is 0 Å². The van der Waals surface area contributed by atoms with Crippen molar-refractivity contribution in [2.45, 2.75) is 25.9 Å². The summed E-state index contributed by atoms with van der Waals surface area (Å²) in [5.41, 5.74) is 0. The van der Waals surface area contributed by atoms with Crippen molar-refractivity contribution >= 4 is 0 Å². The van der Waals surface area contributed by atoms with Crippen LogP contribution in [0, 0.1) is 11.3 Å². The van der Waals surface area contributed by atoms with Gasteiger partial charge in [0.25, 0.3) is 0 Å². The summed E-state index contributed by atoms with van der Waals surface area (Å²) >= 11 is 0. The molecule has 0 bridgehead atoms. The number of hydrogen-bond donors (Lipinski definition) is 1. The second-order valence-corrected chi connectivity index (χ2v) is 3.02. The molecule has 1 rings (SSSR count). The molecule has 1 atom stereocenters. The summed E-state index contributed by atoms with van der Waals surface area (Å²) in [5.74, 6) is 0. The summed E-state index contributed by atoms with van der Waals surface area (Å²) in [6, 6.07) is 2.40. The van der Waals surface area contributed by atoms with Crippen LogP contribution < -0.4 is 5.32 Å². The number of rotatable bonds is 5. The number of aromatic nitrogens is 2. The van der Waals surface area contributed by atoms with Crippen LogP contribution in [0.3, 0.4) is 0 Å². The molecule has 0 saturated heterocycles. The summed E-state index contributed by atoms with van der Waals surface area (Å²) < 4.78 is 2.01. The first-order valence-electron chi connectivity index (χ1n) is 4.39. The van der Waals surface area contributed by atoms with E-state index < -0.39 is 0 Å². The Morgan fingerprint density at radius 3 is 3.15 bits per heavy atom. The Morgan fingerprint density at radius 2 is 2.54 bits per heavy atom. The van der Waals surface area contributed by atoms with Crippen molar-refractivity contribution in [3.63, 3.8) is 0 Å². The highest BCUT2D eigenvalue weighted by atomic mass is 15.0. The second-order valence-electron chi connectivity index (χ2n) is 3.02. The van der Waals surface area contributed by atoms with Gasteiger partial charge in [0.1, 0.15) is 0 Å². The fourth-order valence-corrected chi connectivity index (χ4v) is 1.07.